The van der Waals surface area contributed by atoms with Crippen LogP contribution in [0.3, 0.4) is 0 Å². The molecule has 1 amide bonds. The second-order valence-electron chi connectivity index (χ2n) is 6.08. The number of amides is 1. The Kier molecular flexibility index (Phi) is 4.46. The van der Waals surface area contributed by atoms with Crippen LogP contribution < -0.4 is 0 Å². The Morgan fingerprint density at radius 1 is 1.26 bits per heavy atom. The molecule has 0 spiro atoms. The molecule has 1 aliphatic carbocycles. The number of hydrogen-bond donors (Lipinski definition) is 0. The third-order valence-electron chi connectivity index (χ3n) is 4.10. The van der Waals surface area contributed by atoms with Crippen molar-refractivity contribution in [3.05, 3.63) is 21.9 Å². The van der Waals surface area contributed by atoms with Crippen LogP contribution in [-0.4, -0.2) is 55.4 Å². The number of thiophene rings is 1. The molecule has 8 heteroatoms. The van der Waals surface area contributed by atoms with Crippen LogP contribution >= 0.6 is 11.3 Å². The lowest BCUT2D eigenvalue weighted by Crippen LogP contribution is -2.44. The third-order valence-corrected chi connectivity index (χ3v) is 6.83. The summed E-state index contributed by atoms with van der Waals surface area (Å²) in [6, 6.07) is 3.32. The van der Waals surface area contributed by atoms with Crippen molar-refractivity contribution >= 4 is 33.1 Å². The van der Waals surface area contributed by atoms with Crippen molar-refractivity contribution < 1.29 is 22.7 Å². The van der Waals surface area contributed by atoms with Gasteiger partial charge < -0.3 is 9.64 Å². The van der Waals surface area contributed by atoms with Crippen molar-refractivity contribution in [1.29, 1.82) is 0 Å². The highest BCUT2D eigenvalue weighted by Crippen LogP contribution is 2.32. The van der Waals surface area contributed by atoms with E-state index in [9.17, 15) is 18.0 Å². The zero-order valence-electron chi connectivity index (χ0n) is 12.9. The monoisotopic (exact) mass is 357 g/mol. The van der Waals surface area contributed by atoms with Gasteiger partial charge in [0.15, 0.2) is 16.4 Å². The molecule has 0 aromatic carbocycles. The molecule has 1 saturated carbocycles. The number of nitrogens with zero attached hydrogens (tertiary/aromatic N) is 1. The second kappa shape index (κ2) is 6.24. The molecule has 2 heterocycles. The van der Waals surface area contributed by atoms with Gasteiger partial charge in [0.25, 0.3) is 5.91 Å². The van der Waals surface area contributed by atoms with Gasteiger partial charge in [-0.15, -0.1) is 11.3 Å². The van der Waals surface area contributed by atoms with E-state index in [0.29, 0.717) is 11.3 Å². The smallest absolute Gasteiger partial charge is 0.348 e. The fourth-order valence-corrected chi connectivity index (χ4v) is 5.34. The fraction of sp³-hybridized carbons (Fsp3) is 0.600. The Morgan fingerprint density at radius 2 is 2.00 bits per heavy atom. The molecule has 126 valence electrons. The molecule has 2 fully saturated rings. The lowest BCUT2D eigenvalue weighted by atomic mass is 10.2. The minimum atomic E-state index is -3.05. The molecule has 2 aliphatic rings. The van der Waals surface area contributed by atoms with E-state index in [4.69, 9.17) is 4.74 Å². The molecule has 6 nitrogen and oxygen atoms in total. The zero-order valence-corrected chi connectivity index (χ0v) is 14.5. The van der Waals surface area contributed by atoms with Crippen molar-refractivity contribution in [2.45, 2.75) is 38.3 Å². The average Bonchev–Trinajstić information content (AvgIpc) is 3.11. The summed E-state index contributed by atoms with van der Waals surface area (Å²) in [6.45, 7) is 1.56. The van der Waals surface area contributed by atoms with Gasteiger partial charge in [-0.1, -0.05) is 0 Å². The van der Waals surface area contributed by atoms with Gasteiger partial charge in [-0.2, -0.15) is 0 Å². The molecule has 0 radical (unpaired) electrons. The van der Waals surface area contributed by atoms with Crippen molar-refractivity contribution in [3.8, 4) is 0 Å². The minimum Gasteiger partial charge on any atom is -0.451 e. The van der Waals surface area contributed by atoms with Gasteiger partial charge in [0.2, 0.25) is 0 Å². The van der Waals surface area contributed by atoms with E-state index in [1.165, 1.54) is 11.3 Å². The molecule has 1 aromatic heterocycles. The highest BCUT2D eigenvalue weighted by Gasteiger charge is 2.42. The van der Waals surface area contributed by atoms with Crippen molar-refractivity contribution in [2.75, 3.05) is 18.1 Å². The van der Waals surface area contributed by atoms with Gasteiger partial charge in [-0.3, -0.25) is 4.79 Å². The van der Waals surface area contributed by atoms with Crippen LogP contribution in [-0.2, 0) is 19.4 Å². The zero-order chi connectivity index (χ0) is 16.6. The number of hydrogen-bond acceptors (Lipinski definition) is 6. The number of ether oxygens (including phenoxy) is 1. The Balaban J connectivity index is 1.60. The Hall–Kier alpha value is -1.41. The third kappa shape index (κ3) is 3.92. The van der Waals surface area contributed by atoms with Crippen molar-refractivity contribution in [1.82, 2.24) is 4.90 Å². The minimum absolute atomic E-state index is 0.0211. The van der Waals surface area contributed by atoms with Crippen molar-refractivity contribution in [2.24, 2.45) is 0 Å². The first-order chi connectivity index (χ1) is 10.9. The summed E-state index contributed by atoms with van der Waals surface area (Å²) in [5, 5.41) is 0. The van der Waals surface area contributed by atoms with Crippen LogP contribution in [0.15, 0.2) is 12.1 Å². The Bertz CT molecular complexity index is 720. The lowest BCUT2D eigenvalue weighted by Gasteiger charge is -2.28. The topological polar surface area (TPSA) is 80.8 Å². The largest absolute Gasteiger partial charge is 0.451 e. The number of esters is 1. The number of carbonyl (C=O) groups excluding carboxylic acids is 2. The second-order valence-corrected chi connectivity index (χ2v) is 9.59. The molecular formula is C15H19NO5S2. The van der Waals surface area contributed by atoms with Gasteiger partial charge >= 0.3 is 5.97 Å². The summed E-state index contributed by atoms with van der Waals surface area (Å²) in [4.78, 5) is 27.4. The standard InChI is InChI=1S/C15H19NO5S2/c1-10-2-5-13(22-10)15(18)21-8-14(17)16(11-3-4-11)12-6-7-23(19,20)9-12/h2,5,11-12H,3-4,6-9H2,1H3/t12-/m1/s1. The highest BCUT2D eigenvalue weighted by molar-refractivity contribution is 7.91. The fourth-order valence-electron chi connectivity index (χ4n) is 2.87. The van der Waals surface area contributed by atoms with Crippen LogP contribution in [0.5, 0.6) is 0 Å². The first-order valence-corrected chi connectivity index (χ1v) is 10.2. The van der Waals surface area contributed by atoms with Crippen LogP contribution in [0.25, 0.3) is 0 Å². The van der Waals surface area contributed by atoms with Gasteiger partial charge in [0.05, 0.1) is 11.5 Å². The summed E-state index contributed by atoms with van der Waals surface area (Å²) in [5.41, 5.74) is 0. The average molecular weight is 357 g/mol. The molecule has 3 rings (SSSR count). The molecule has 1 saturated heterocycles. The first-order valence-electron chi connectivity index (χ1n) is 7.61. The van der Waals surface area contributed by atoms with Gasteiger partial charge in [0.1, 0.15) is 4.88 Å². The van der Waals surface area contributed by atoms with Crippen LogP contribution in [0, 0.1) is 6.92 Å². The van der Waals surface area contributed by atoms with E-state index >= 15 is 0 Å². The first kappa shape index (κ1) is 16.4. The number of rotatable bonds is 5. The molecule has 0 unspecified atom stereocenters. The predicted molar refractivity (Wildman–Crippen MR) is 86.3 cm³/mol. The van der Waals surface area contributed by atoms with Gasteiger partial charge in [-0.25, -0.2) is 13.2 Å². The van der Waals surface area contributed by atoms with Crippen LogP contribution in [0.2, 0.25) is 0 Å². The summed E-state index contributed by atoms with van der Waals surface area (Å²) in [5.74, 6) is -0.655. The van der Waals surface area contributed by atoms with E-state index in [-0.39, 0.29) is 36.1 Å². The van der Waals surface area contributed by atoms with E-state index in [1.807, 2.05) is 13.0 Å². The maximum atomic E-state index is 12.4. The van der Waals surface area contributed by atoms with Crippen molar-refractivity contribution in [3.63, 3.8) is 0 Å². The van der Waals surface area contributed by atoms with Crippen LogP contribution in [0.4, 0.5) is 0 Å². The molecule has 1 aliphatic heterocycles. The molecular weight excluding hydrogens is 338 g/mol. The highest BCUT2D eigenvalue weighted by atomic mass is 32.2. The normalized spacial score (nSPS) is 22.7. The molecule has 1 aromatic rings. The number of carbonyl (C=O) groups is 2. The summed E-state index contributed by atoms with van der Waals surface area (Å²) >= 11 is 1.32. The number of aryl methyl sites for hydroxylation is 1. The van der Waals surface area contributed by atoms with Gasteiger partial charge in [-0.05, 0) is 38.3 Å². The van der Waals surface area contributed by atoms with E-state index < -0.39 is 15.8 Å². The van der Waals surface area contributed by atoms with E-state index in [2.05, 4.69) is 0 Å². The van der Waals surface area contributed by atoms with Crippen LogP contribution in [0.1, 0.15) is 33.8 Å². The molecule has 23 heavy (non-hydrogen) atoms. The predicted octanol–water partition coefficient (Wildman–Crippen LogP) is 1.39. The molecule has 0 N–H and O–H groups in total. The molecule has 0 bridgehead atoms. The summed E-state index contributed by atoms with van der Waals surface area (Å²) in [6.07, 6.45) is 2.25. The SMILES string of the molecule is Cc1ccc(C(=O)OCC(=O)N(C2CC2)[C@@H]2CCS(=O)(=O)C2)s1. The maximum absolute atomic E-state index is 12.4. The maximum Gasteiger partial charge on any atom is 0.348 e. The summed E-state index contributed by atoms with van der Waals surface area (Å²) in [7, 11) is -3.05. The molecule has 1 atom stereocenters. The van der Waals surface area contributed by atoms with Gasteiger partial charge in [0, 0.05) is 17.0 Å². The lowest BCUT2D eigenvalue weighted by molar-refractivity contribution is -0.137. The number of sulfone groups is 1. The van der Waals surface area contributed by atoms with E-state index in [1.54, 1.807) is 11.0 Å². The quantitative estimate of drug-likeness (QED) is 0.744. The summed E-state index contributed by atoms with van der Waals surface area (Å²) < 4.78 is 28.4. The Morgan fingerprint density at radius 3 is 2.52 bits per heavy atom. The van der Waals surface area contributed by atoms with E-state index in [0.717, 1.165) is 17.7 Å². The Labute approximate surface area is 139 Å².